The highest BCUT2D eigenvalue weighted by Gasteiger charge is 2.30. The quantitative estimate of drug-likeness (QED) is 0.833. The molecule has 1 aromatic carbocycles. The van der Waals surface area contributed by atoms with Crippen LogP contribution in [0.4, 0.5) is 4.79 Å². The fraction of sp³-hybridized carbons (Fsp3) is 0.500. The Morgan fingerprint density at radius 1 is 1.38 bits per heavy atom. The monoisotopic (exact) mass is 348 g/mol. The van der Waals surface area contributed by atoms with E-state index in [1.165, 1.54) is 0 Å². The highest BCUT2D eigenvalue weighted by Crippen LogP contribution is 2.32. The van der Waals surface area contributed by atoms with Crippen LogP contribution in [0.5, 0.6) is 0 Å². The Bertz CT molecular complexity index is 728. The third kappa shape index (κ3) is 3.54. The molecule has 0 spiro atoms. The molecule has 1 aliphatic heterocycles. The van der Waals surface area contributed by atoms with Gasteiger partial charge in [0.1, 0.15) is 22.8 Å². The van der Waals surface area contributed by atoms with E-state index in [0.717, 1.165) is 28.7 Å². The van der Waals surface area contributed by atoms with Gasteiger partial charge in [-0.3, -0.25) is 0 Å². The van der Waals surface area contributed by atoms with E-state index in [9.17, 15) is 9.35 Å². The largest absolute Gasteiger partial charge is 0.616 e. The van der Waals surface area contributed by atoms with E-state index in [1.54, 1.807) is 0 Å². The van der Waals surface area contributed by atoms with Gasteiger partial charge in [-0.1, -0.05) is 43.2 Å². The van der Waals surface area contributed by atoms with Crippen LogP contribution in [0.1, 0.15) is 37.6 Å². The second-order valence-corrected chi connectivity index (χ2v) is 8.34. The molecule has 0 radical (unpaired) electrons. The Morgan fingerprint density at radius 3 is 2.75 bits per heavy atom. The summed E-state index contributed by atoms with van der Waals surface area (Å²) in [5, 5.41) is 7.04. The number of nitrogens with one attached hydrogen (secondary N) is 2. The summed E-state index contributed by atoms with van der Waals surface area (Å²) >= 11 is -0.802. The second kappa shape index (κ2) is 7.07. The summed E-state index contributed by atoms with van der Waals surface area (Å²) in [4.78, 5) is 12.4. The van der Waals surface area contributed by atoms with Gasteiger partial charge in [-0.25, -0.2) is 4.79 Å². The summed E-state index contributed by atoms with van der Waals surface area (Å²) in [7, 11) is 0. The predicted molar refractivity (Wildman–Crippen MR) is 96.5 cm³/mol. The fourth-order valence-corrected chi connectivity index (χ4v) is 4.58. The number of carbonyl (C=O) groups excluding carboxylic acids is 1. The van der Waals surface area contributed by atoms with Crippen molar-refractivity contribution in [1.29, 1.82) is 0 Å². The maximum absolute atomic E-state index is 12.4. The lowest BCUT2D eigenvalue weighted by Gasteiger charge is -2.22. The summed E-state index contributed by atoms with van der Waals surface area (Å²) in [5.41, 5.74) is 1.90. The Morgan fingerprint density at radius 2 is 2.12 bits per heavy atom. The van der Waals surface area contributed by atoms with Gasteiger partial charge in [0.25, 0.3) is 0 Å². The second-order valence-electron chi connectivity index (χ2n) is 6.72. The molecule has 130 valence electrons. The highest BCUT2D eigenvalue weighted by molar-refractivity contribution is 7.91. The maximum atomic E-state index is 12.4. The van der Waals surface area contributed by atoms with E-state index in [0.29, 0.717) is 11.5 Å². The standard InChI is InChI=1S/C18H24N2O3S/c1-11(2)16(20-18(21)19-13-8-9-24(22)10-13)17-12(3)14-6-4-5-7-15(14)23-17/h4-7,11,13,16H,8-10H2,1-3H3,(H2,19,20,21). The van der Waals surface area contributed by atoms with Gasteiger partial charge in [0.15, 0.2) is 0 Å². The van der Waals surface area contributed by atoms with Gasteiger partial charge in [-0.2, -0.15) is 0 Å². The smallest absolute Gasteiger partial charge is 0.315 e. The molecule has 2 amide bonds. The normalized spacial score (nSPS) is 22.0. The fourth-order valence-electron chi connectivity index (χ4n) is 3.17. The van der Waals surface area contributed by atoms with Crippen LogP contribution in [0.25, 0.3) is 11.0 Å². The first-order valence-electron chi connectivity index (χ1n) is 8.35. The average Bonchev–Trinajstić information content (AvgIpc) is 3.09. The summed E-state index contributed by atoms with van der Waals surface area (Å²) in [6.45, 7) is 6.14. The average molecular weight is 348 g/mol. The van der Waals surface area contributed by atoms with Gasteiger partial charge in [0, 0.05) is 17.4 Å². The van der Waals surface area contributed by atoms with Crippen LogP contribution in [0.2, 0.25) is 0 Å². The van der Waals surface area contributed by atoms with Crippen molar-refractivity contribution in [3.8, 4) is 0 Å². The molecule has 0 bridgehead atoms. The Labute approximate surface area is 145 Å². The highest BCUT2D eigenvalue weighted by atomic mass is 32.2. The maximum Gasteiger partial charge on any atom is 0.315 e. The third-order valence-corrected chi connectivity index (χ3v) is 6.00. The predicted octanol–water partition coefficient (Wildman–Crippen LogP) is 3.26. The summed E-state index contributed by atoms with van der Waals surface area (Å²) in [6.07, 6.45) is 0.774. The number of hydrogen-bond acceptors (Lipinski definition) is 3. The number of furan rings is 1. The molecule has 1 aromatic heterocycles. The minimum Gasteiger partial charge on any atom is -0.616 e. The van der Waals surface area contributed by atoms with Crippen molar-refractivity contribution in [3.63, 3.8) is 0 Å². The van der Waals surface area contributed by atoms with Crippen molar-refractivity contribution in [3.05, 3.63) is 35.6 Å². The zero-order chi connectivity index (χ0) is 17.3. The number of para-hydroxylation sites is 1. The molecule has 1 aliphatic rings. The van der Waals surface area contributed by atoms with E-state index in [2.05, 4.69) is 24.5 Å². The van der Waals surface area contributed by atoms with E-state index in [1.807, 2.05) is 31.2 Å². The van der Waals surface area contributed by atoms with E-state index in [-0.39, 0.29) is 24.0 Å². The Kier molecular flexibility index (Phi) is 5.06. The molecule has 0 saturated carbocycles. The molecule has 1 fully saturated rings. The molecule has 3 unspecified atom stereocenters. The zero-order valence-electron chi connectivity index (χ0n) is 14.3. The van der Waals surface area contributed by atoms with Crippen molar-refractivity contribution in [2.75, 3.05) is 11.5 Å². The topological polar surface area (TPSA) is 77.3 Å². The molecule has 2 N–H and O–H groups in total. The number of benzene rings is 1. The van der Waals surface area contributed by atoms with Crippen LogP contribution in [0.15, 0.2) is 28.7 Å². The van der Waals surface area contributed by atoms with Crippen molar-refractivity contribution in [2.45, 2.75) is 39.3 Å². The Hall–Kier alpha value is -1.66. The van der Waals surface area contributed by atoms with Crippen LogP contribution >= 0.6 is 0 Å². The van der Waals surface area contributed by atoms with Gasteiger partial charge >= 0.3 is 6.03 Å². The number of rotatable bonds is 4. The SMILES string of the molecule is Cc1c(C(NC(=O)NC2CC[S+]([O-])C2)C(C)C)oc2ccccc12. The van der Waals surface area contributed by atoms with Gasteiger partial charge in [-0.05, 0) is 18.9 Å². The van der Waals surface area contributed by atoms with Crippen molar-refractivity contribution in [2.24, 2.45) is 5.92 Å². The van der Waals surface area contributed by atoms with E-state index < -0.39 is 11.2 Å². The summed E-state index contributed by atoms with van der Waals surface area (Å²) in [5.74, 6) is 2.20. The molecule has 6 heteroatoms. The number of fused-ring (bicyclic) bond motifs is 1. The molecule has 2 heterocycles. The molecule has 3 rings (SSSR count). The molecular formula is C18H24N2O3S. The van der Waals surface area contributed by atoms with Gasteiger partial charge < -0.3 is 19.6 Å². The summed E-state index contributed by atoms with van der Waals surface area (Å²) < 4.78 is 17.5. The van der Waals surface area contributed by atoms with Crippen LogP contribution in [-0.2, 0) is 11.2 Å². The first-order valence-corrected chi connectivity index (χ1v) is 9.84. The molecule has 24 heavy (non-hydrogen) atoms. The van der Waals surface area contributed by atoms with Crippen LogP contribution in [-0.4, -0.2) is 28.1 Å². The van der Waals surface area contributed by atoms with Gasteiger partial charge in [0.2, 0.25) is 0 Å². The number of hydrogen-bond donors (Lipinski definition) is 2. The van der Waals surface area contributed by atoms with Crippen molar-refractivity contribution in [1.82, 2.24) is 10.6 Å². The zero-order valence-corrected chi connectivity index (χ0v) is 15.1. The van der Waals surface area contributed by atoms with Crippen LogP contribution in [0.3, 0.4) is 0 Å². The number of carbonyl (C=O) groups is 1. The minimum atomic E-state index is -0.802. The lowest BCUT2D eigenvalue weighted by atomic mass is 9.98. The van der Waals surface area contributed by atoms with Crippen molar-refractivity contribution >= 4 is 28.2 Å². The number of urea groups is 1. The number of amides is 2. The van der Waals surface area contributed by atoms with Crippen LogP contribution < -0.4 is 10.6 Å². The first kappa shape index (κ1) is 17.2. The van der Waals surface area contributed by atoms with Gasteiger partial charge in [-0.15, -0.1) is 0 Å². The molecule has 1 saturated heterocycles. The molecule has 3 atom stereocenters. The molecular weight excluding hydrogens is 324 g/mol. The van der Waals surface area contributed by atoms with Gasteiger partial charge in [0.05, 0.1) is 12.1 Å². The third-order valence-electron chi connectivity index (χ3n) is 4.53. The first-order chi connectivity index (χ1) is 11.5. The molecule has 0 aliphatic carbocycles. The lowest BCUT2D eigenvalue weighted by molar-refractivity contribution is 0.227. The van der Waals surface area contributed by atoms with E-state index in [4.69, 9.17) is 4.42 Å². The van der Waals surface area contributed by atoms with Crippen LogP contribution in [0, 0.1) is 12.8 Å². The summed E-state index contributed by atoms with van der Waals surface area (Å²) in [6, 6.07) is 7.47. The molecule has 5 nitrogen and oxygen atoms in total. The minimum absolute atomic E-state index is 0.00424. The Balaban J connectivity index is 1.76. The number of aryl methyl sites for hydroxylation is 1. The van der Waals surface area contributed by atoms with E-state index >= 15 is 0 Å². The van der Waals surface area contributed by atoms with Crippen molar-refractivity contribution < 1.29 is 13.8 Å². The molecule has 2 aromatic rings. The lowest BCUT2D eigenvalue weighted by Crippen LogP contribution is -2.45.